The molecule has 117 heavy (non-hydrogen) atoms. The number of hydrogen-bond donors (Lipinski definition) is 17. The molecule has 17 amide bonds. The van der Waals surface area contributed by atoms with Gasteiger partial charge in [-0.2, -0.15) is 0 Å². The second kappa shape index (κ2) is 45.2. The van der Waals surface area contributed by atoms with Crippen LogP contribution in [0.5, 0.6) is 0 Å². The predicted octanol–water partition coefficient (Wildman–Crippen LogP) is 1.70. The molecular weight excluding hydrogens is 1530 g/mol. The van der Waals surface area contributed by atoms with Crippen molar-refractivity contribution < 1.29 is 77.0 Å². The van der Waals surface area contributed by atoms with Gasteiger partial charge in [-0.3, -0.25) is 72.6 Å². The summed E-state index contributed by atoms with van der Waals surface area (Å²) in [6.07, 6.45) is 6.79. The van der Waals surface area contributed by atoms with Gasteiger partial charge >= 0.3 is 12.1 Å². The van der Waals surface area contributed by atoms with Gasteiger partial charge in [0.2, 0.25) is 76.8 Å². The van der Waals surface area contributed by atoms with Crippen molar-refractivity contribution in [2.75, 3.05) is 30.3 Å². The molecule has 11 atom stereocenters. The molecule has 35 heteroatoms. The van der Waals surface area contributed by atoms with Crippen LogP contribution < -0.4 is 85.9 Å². The number of rotatable bonds is 42. The number of nitrogens with zero attached hydrogens (tertiary/aromatic N) is 2. The van der Waals surface area contributed by atoms with Crippen molar-refractivity contribution in [1.29, 1.82) is 0 Å². The summed E-state index contributed by atoms with van der Waals surface area (Å²) in [6.45, 7) is 13.5. The number of carbonyl (C=O) groups excluding carboxylic acids is 15. The topological polar surface area (TPSA) is 513 Å². The number of unbranched alkanes of at least 4 members (excludes halogenated alkanes) is 1. The van der Waals surface area contributed by atoms with Crippen LogP contribution in [0.1, 0.15) is 132 Å². The molecular formula is C82H107ClN18O16. The molecule has 2 aliphatic rings. The van der Waals surface area contributed by atoms with E-state index < -0.39 is 168 Å². The van der Waals surface area contributed by atoms with Crippen LogP contribution in [-0.2, 0) is 94.4 Å². The summed E-state index contributed by atoms with van der Waals surface area (Å²) in [7, 11) is 0. The third-order valence-corrected chi connectivity index (χ3v) is 19.6. The van der Waals surface area contributed by atoms with Gasteiger partial charge in [-0.15, -0.1) is 0 Å². The second-order valence-electron chi connectivity index (χ2n) is 29.8. The SMILES string of the molecule is C/C=C\c1cc(C[C@@H](NC(C)=O)C(=O)N[C@H](Cc2ccc(Cl)cc2)C(=O)N[C@H](Cc2cccnc2)C(=O)N[C@@H](CO)C(=O)N[C@@H](Cc2ccc(NC(=O)[C@@H]3CC(=O)NC(=O)N3)cc2)C(=O)N[C@H](Cc2ccc(NC(N)=O)cc2)C(=O)N[C@@H](CC(C)C)C(=O)N[C@@H](CCCCNC(C)C)C(=O)N2CCC[C@H]2C(=O)N[C@H](C)C(N)=O)ccc1C. The number of aliphatic hydroxyl groups excluding tert-OH is 1. The van der Waals surface area contributed by atoms with Gasteiger partial charge in [-0.25, -0.2) is 9.59 Å². The van der Waals surface area contributed by atoms with E-state index in [-0.39, 0.29) is 86.8 Å². The number of aromatic nitrogens is 1. The maximum atomic E-state index is 15.5. The first-order chi connectivity index (χ1) is 55.6. The number of allylic oxidation sites excluding steroid dienone is 1. The maximum absolute atomic E-state index is 15.5. The molecule has 0 radical (unpaired) electrons. The zero-order valence-corrected chi connectivity index (χ0v) is 67.5. The highest BCUT2D eigenvalue weighted by molar-refractivity contribution is 6.30. The van der Waals surface area contributed by atoms with Gasteiger partial charge in [0.15, 0.2) is 0 Å². The first-order valence-corrected chi connectivity index (χ1v) is 39.2. The van der Waals surface area contributed by atoms with Crippen LogP contribution in [0.3, 0.4) is 0 Å². The zero-order valence-electron chi connectivity index (χ0n) is 66.7. The highest BCUT2D eigenvalue weighted by atomic mass is 35.5. The summed E-state index contributed by atoms with van der Waals surface area (Å²) in [6, 6.07) is 9.74. The van der Waals surface area contributed by atoms with E-state index in [2.05, 4.69) is 74.1 Å². The molecule has 4 aromatic carbocycles. The Morgan fingerprint density at radius 1 is 0.590 bits per heavy atom. The van der Waals surface area contributed by atoms with E-state index in [0.717, 1.165) is 11.1 Å². The van der Waals surface area contributed by atoms with Crippen molar-refractivity contribution in [2.24, 2.45) is 17.4 Å². The molecule has 0 bridgehead atoms. The second-order valence-corrected chi connectivity index (χ2v) is 30.2. The highest BCUT2D eigenvalue weighted by Crippen LogP contribution is 2.23. The fourth-order valence-electron chi connectivity index (χ4n) is 13.2. The minimum atomic E-state index is -1.92. The maximum Gasteiger partial charge on any atom is 0.322 e. The average Bonchev–Trinajstić information content (AvgIpc) is 1.70. The number of aryl methyl sites for hydroxylation is 1. The van der Waals surface area contributed by atoms with Crippen LogP contribution in [0.4, 0.5) is 21.0 Å². The number of hydrogen-bond acceptors (Lipinski definition) is 18. The van der Waals surface area contributed by atoms with E-state index in [1.807, 2.05) is 63.4 Å². The Balaban J connectivity index is 1.21. The number of halogens is 1. The normalized spacial score (nSPS) is 16.2. The fraction of sp³-hybridized carbons (Fsp3) is 0.439. The lowest BCUT2D eigenvalue weighted by Gasteiger charge is -2.31. The Bertz CT molecular complexity index is 4360. The summed E-state index contributed by atoms with van der Waals surface area (Å²) >= 11 is 6.27. The Morgan fingerprint density at radius 2 is 1.08 bits per heavy atom. The summed E-state index contributed by atoms with van der Waals surface area (Å²) in [5.41, 5.74) is 15.4. The predicted molar refractivity (Wildman–Crippen MR) is 436 cm³/mol. The van der Waals surface area contributed by atoms with Crippen molar-refractivity contribution in [3.63, 3.8) is 0 Å². The van der Waals surface area contributed by atoms with E-state index >= 15 is 14.4 Å². The van der Waals surface area contributed by atoms with Gasteiger partial charge in [0.05, 0.1) is 13.0 Å². The molecule has 19 N–H and O–H groups in total. The van der Waals surface area contributed by atoms with E-state index in [1.165, 1.54) is 79.7 Å². The summed E-state index contributed by atoms with van der Waals surface area (Å²) in [4.78, 5) is 213. The van der Waals surface area contributed by atoms with Crippen molar-refractivity contribution in [3.8, 4) is 0 Å². The number of carbonyl (C=O) groups is 15. The molecule has 3 heterocycles. The van der Waals surface area contributed by atoms with E-state index in [0.29, 0.717) is 53.1 Å². The third kappa shape index (κ3) is 29.9. The lowest BCUT2D eigenvalue weighted by molar-refractivity contribution is -0.142. The number of likely N-dealkylation sites (tertiary alicyclic amines) is 1. The number of imide groups is 1. The number of amides is 17. The molecule has 2 aliphatic heterocycles. The van der Waals surface area contributed by atoms with Gasteiger partial charge < -0.3 is 90.6 Å². The number of pyridine rings is 1. The average molecular weight is 1640 g/mol. The summed E-state index contributed by atoms with van der Waals surface area (Å²) in [5, 5.41) is 48.6. The molecule has 0 saturated carbocycles. The van der Waals surface area contributed by atoms with Gasteiger partial charge in [0.1, 0.15) is 66.5 Å². The van der Waals surface area contributed by atoms with Gasteiger partial charge in [-0.1, -0.05) is 112 Å². The lowest BCUT2D eigenvalue weighted by Crippen LogP contribution is -2.62. The quantitative estimate of drug-likeness (QED) is 0.0247. The van der Waals surface area contributed by atoms with Crippen LogP contribution in [0.2, 0.25) is 5.02 Å². The smallest absolute Gasteiger partial charge is 0.322 e. The molecule has 34 nitrogen and oxygen atoms in total. The number of urea groups is 2. The highest BCUT2D eigenvalue weighted by Gasteiger charge is 2.41. The molecule has 0 spiro atoms. The van der Waals surface area contributed by atoms with Crippen molar-refractivity contribution in [1.82, 2.24) is 73.7 Å². The van der Waals surface area contributed by atoms with E-state index in [1.54, 1.807) is 50.2 Å². The minimum absolute atomic E-state index is 0.00410. The Morgan fingerprint density at radius 3 is 1.57 bits per heavy atom. The fourth-order valence-corrected chi connectivity index (χ4v) is 13.3. The number of aliphatic hydroxyl groups is 1. The summed E-state index contributed by atoms with van der Waals surface area (Å²) in [5.74, 6) is -11.0. The van der Waals surface area contributed by atoms with Crippen molar-refractivity contribution in [3.05, 3.63) is 166 Å². The molecule has 1 aromatic heterocycles. The first-order valence-electron chi connectivity index (χ1n) is 38.8. The molecule has 7 rings (SSSR count). The third-order valence-electron chi connectivity index (χ3n) is 19.3. The molecule has 2 saturated heterocycles. The monoisotopic (exact) mass is 1630 g/mol. The number of benzene rings is 4. The van der Waals surface area contributed by atoms with Crippen LogP contribution in [0.15, 0.2) is 122 Å². The molecule has 2 fully saturated rings. The van der Waals surface area contributed by atoms with Crippen molar-refractivity contribution >= 4 is 118 Å². The Hall–Kier alpha value is -12.2. The Labute approximate surface area is 683 Å². The van der Waals surface area contributed by atoms with Crippen LogP contribution in [0, 0.1) is 12.8 Å². The number of nitrogens with two attached hydrogens (primary N) is 2. The molecule has 628 valence electrons. The standard InChI is InChI=1S/C82H107ClN18O16/c1-9-14-55-36-53(19-18-47(55)6)40-61(89-49(8)103)73(108)94-62(37-50-20-26-56(83)27-21-50)75(110)96-65(41-54-15-12-32-86-43-54)77(112)98-67(44-102)78(113)97-64(39-51-22-28-57(29-23-51)90-71(106)66-42-69(104)100-82(117)99-66)76(111)95-63(38-52-24-30-58(31-25-52)91-81(85)116)74(109)93-60(35-45(2)3)72(107)92-59(16-10-11-33-87-46(4)5)80(115)101-34-13-17-68(101)79(114)88-48(7)70(84)105/h9,12,14-15,18-32,36,43,45-46,48,59-68,87,102H,10-11,13,16-17,33-35,37-42,44H2,1-8H3,(H2,84,105)(H,88,114)(H,89,103)(H,90,106)(H,92,107)(H,93,109)(H,94,108)(H,95,111)(H,96,110)(H,97,113)(H,98,112)(H3,85,91,116)(H2,99,100,104,117)/b14-9-/t48-,59+,60+,61-,62-,63-,64+,65-,66+,67+,68+/m1/s1. The molecule has 5 aromatic rings. The molecule has 0 unspecified atom stereocenters. The Kier molecular flexibility index (Phi) is 35.6. The van der Waals surface area contributed by atoms with Crippen LogP contribution in [-0.4, -0.2) is 196 Å². The number of anilines is 2. The van der Waals surface area contributed by atoms with Gasteiger partial charge in [0.25, 0.3) is 0 Å². The number of primary amides is 2. The zero-order chi connectivity index (χ0) is 85.6. The van der Waals surface area contributed by atoms with Gasteiger partial charge in [0, 0.05) is 80.4 Å². The van der Waals surface area contributed by atoms with Crippen LogP contribution >= 0.6 is 11.6 Å². The van der Waals surface area contributed by atoms with Gasteiger partial charge in [-0.05, 0) is 153 Å². The first kappa shape index (κ1) is 92.0. The van der Waals surface area contributed by atoms with Crippen LogP contribution in [0.25, 0.3) is 6.08 Å². The minimum Gasteiger partial charge on any atom is -0.394 e. The largest absolute Gasteiger partial charge is 0.394 e. The summed E-state index contributed by atoms with van der Waals surface area (Å²) < 4.78 is 0. The molecule has 0 aliphatic carbocycles. The van der Waals surface area contributed by atoms with Crippen molar-refractivity contribution in [2.45, 2.75) is 205 Å². The lowest BCUT2D eigenvalue weighted by atomic mass is 9.98. The van der Waals surface area contributed by atoms with E-state index in [4.69, 9.17) is 23.1 Å². The number of nitrogens with one attached hydrogen (secondary N) is 14. The van der Waals surface area contributed by atoms with E-state index in [9.17, 15) is 62.6 Å².